The number of anilines is 2. The van der Waals surface area contributed by atoms with Crippen LogP contribution in [0.25, 0.3) is 0 Å². The molecule has 1 aliphatic rings. The van der Waals surface area contributed by atoms with Gasteiger partial charge in [-0.1, -0.05) is 6.07 Å². The number of nitro benzene ring substituents is 1. The third-order valence-electron chi connectivity index (χ3n) is 3.14. The highest BCUT2D eigenvalue weighted by atomic mass is 16.6. The van der Waals surface area contributed by atoms with Crippen LogP contribution in [0, 0.1) is 10.1 Å². The van der Waals surface area contributed by atoms with Crippen molar-refractivity contribution < 1.29 is 4.92 Å². The van der Waals surface area contributed by atoms with E-state index >= 15 is 0 Å². The molecule has 1 saturated carbocycles. The molecule has 0 radical (unpaired) electrons. The highest BCUT2D eigenvalue weighted by molar-refractivity contribution is 5.75. The van der Waals surface area contributed by atoms with Gasteiger partial charge >= 0.3 is 5.69 Å². The van der Waals surface area contributed by atoms with Gasteiger partial charge in [0.25, 0.3) is 0 Å². The van der Waals surface area contributed by atoms with Crippen LogP contribution < -0.4 is 11.1 Å². The second-order valence-corrected chi connectivity index (χ2v) is 4.54. The standard InChI is InChI=1S/C11H15N3O2/c1-11(6-3-7-11)13-9-5-2-4-8(12)10(9)14(15)16/h2,4-5,13H,3,6-7,12H2,1H3. The number of nitrogens with two attached hydrogens (primary N) is 1. The Morgan fingerprint density at radius 2 is 2.19 bits per heavy atom. The van der Waals surface area contributed by atoms with Crippen LogP contribution in [0.1, 0.15) is 26.2 Å². The van der Waals surface area contributed by atoms with Crippen molar-refractivity contribution in [2.24, 2.45) is 0 Å². The molecule has 0 bridgehead atoms. The lowest BCUT2D eigenvalue weighted by Gasteiger charge is -2.39. The molecule has 3 N–H and O–H groups in total. The summed E-state index contributed by atoms with van der Waals surface area (Å²) < 4.78 is 0. The molecule has 5 heteroatoms. The Hall–Kier alpha value is -1.78. The molecule has 0 saturated heterocycles. The lowest BCUT2D eigenvalue weighted by molar-refractivity contribution is -0.383. The summed E-state index contributed by atoms with van der Waals surface area (Å²) >= 11 is 0. The summed E-state index contributed by atoms with van der Waals surface area (Å²) in [6.45, 7) is 2.07. The maximum Gasteiger partial charge on any atom is 0.314 e. The van der Waals surface area contributed by atoms with Crippen LogP contribution in [0.3, 0.4) is 0 Å². The molecule has 0 amide bonds. The maximum atomic E-state index is 10.9. The second kappa shape index (κ2) is 3.66. The van der Waals surface area contributed by atoms with Crippen LogP contribution in [-0.2, 0) is 0 Å². The predicted molar refractivity (Wildman–Crippen MR) is 63.4 cm³/mol. The van der Waals surface area contributed by atoms with Crippen LogP contribution in [0.4, 0.5) is 17.1 Å². The quantitative estimate of drug-likeness (QED) is 0.467. The van der Waals surface area contributed by atoms with Gasteiger partial charge in [0.1, 0.15) is 11.4 Å². The number of hydrogen-bond donors (Lipinski definition) is 2. The highest BCUT2D eigenvalue weighted by Gasteiger charge is 2.33. The van der Waals surface area contributed by atoms with E-state index in [2.05, 4.69) is 12.2 Å². The van der Waals surface area contributed by atoms with Gasteiger partial charge in [0.2, 0.25) is 0 Å². The summed E-state index contributed by atoms with van der Waals surface area (Å²) in [7, 11) is 0. The average molecular weight is 221 g/mol. The van der Waals surface area contributed by atoms with E-state index in [-0.39, 0.29) is 16.9 Å². The van der Waals surface area contributed by atoms with Crippen molar-refractivity contribution in [2.75, 3.05) is 11.1 Å². The molecule has 0 heterocycles. The first-order valence-electron chi connectivity index (χ1n) is 5.33. The van der Waals surface area contributed by atoms with E-state index < -0.39 is 4.92 Å². The zero-order chi connectivity index (χ0) is 11.8. The molecule has 2 rings (SSSR count). The van der Waals surface area contributed by atoms with Crippen LogP contribution in [-0.4, -0.2) is 10.5 Å². The number of rotatable bonds is 3. The lowest BCUT2D eigenvalue weighted by Crippen LogP contribution is -2.41. The molecule has 0 atom stereocenters. The Bertz CT molecular complexity index is 427. The van der Waals surface area contributed by atoms with Gasteiger partial charge in [-0.25, -0.2) is 0 Å². The average Bonchev–Trinajstić information content (AvgIpc) is 2.14. The first-order valence-corrected chi connectivity index (χ1v) is 5.33. The third kappa shape index (κ3) is 1.80. The topological polar surface area (TPSA) is 81.2 Å². The summed E-state index contributed by atoms with van der Waals surface area (Å²) in [6, 6.07) is 4.98. The number of nitro groups is 1. The maximum absolute atomic E-state index is 10.9. The van der Waals surface area contributed by atoms with E-state index in [1.807, 2.05) is 0 Å². The number of nitrogen functional groups attached to an aromatic ring is 1. The third-order valence-corrected chi connectivity index (χ3v) is 3.14. The molecule has 0 aliphatic heterocycles. The van der Waals surface area contributed by atoms with E-state index in [1.165, 1.54) is 6.42 Å². The molecule has 86 valence electrons. The Kier molecular flexibility index (Phi) is 2.46. The van der Waals surface area contributed by atoms with E-state index in [0.717, 1.165) is 12.8 Å². The van der Waals surface area contributed by atoms with Crippen LogP contribution >= 0.6 is 0 Å². The van der Waals surface area contributed by atoms with Crippen molar-refractivity contribution in [3.63, 3.8) is 0 Å². The minimum Gasteiger partial charge on any atom is -0.393 e. The molecule has 1 aliphatic carbocycles. The predicted octanol–water partition coefficient (Wildman–Crippen LogP) is 2.53. The molecule has 0 aromatic heterocycles. The van der Waals surface area contributed by atoms with Crippen molar-refractivity contribution in [2.45, 2.75) is 31.7 Å². The van der Waals surface area contributed by atoms with E-state index in [1.54, 1.807) is 18.2 Å². The van der Waals surface area contributed by atoms with Crippen molar-refractivity contribution in [1.82, 2.24) is 0 Å². The molecule has 0 spiro atoms. The fourth-order valence-corrected chi connectivity index (χ4v) is 2.02. The first kappa shape index (κ1) is 10.7. The highest BCUT2D eigenvalue weighted by Crippen LogP contribution is 2.39. The Morgan fingerprint density at radius 1 is 1.50 bits per heavy atom. The van der Waals surface area contributed by atoms with Gasteiger partial charge in [-0.05, 0) is 38.3 Å². The fourth-order valence-electron chi connectivity index (χ4n) is 2.02. The molecule has 1 fully saturated rings. The Morgan fingerprint density at radius 3 is 2.69 bits per heavy atom. The summed E-state index contributed by atoms with van der Waals surface area (Å²) in [6.07, 6.45) is 3.25. The number of nitrogens with one attached hydrogen (secondary N) is 1. The summed E-state index contributed by atoms with van der Waals surface area (Å²) in [5.74, 6) is 0. The molecule has 1 aromatic rings. The lowest BCUT2D eigenvalue weighted by atomic mass is 9.78. The Balaban J connectivity index is 2.32. The first-order chi connectivity index (χ1) is 7.52. The zero-order valence-corrected chi connectivity index (χ0v) is 9.19. The normalized spacial score (nSPS) is 17.6. The van der Waals surface area contributed by atoms with Crippen molar-refractivity contribution >= 4 is 17.1 Å². The van der Waals surface area contributed by atoms with Gasteiger partial charge in [0.05, 0.1) is 4.92 Å². The minimum absolute atomic E-state index is 0.0153. The SMILES string of the molecule is CC1(Nc2cccc(N)c2[N+](=O)[O-])CCC1. The van der Waals surface area contributed by atoms with Gasteiger partial charge in [0, 0.05) is 5.54 Å². The monoisotopic (exact) mass is 221 g/mol. The molecule has 5 nitrogen and oxygen atoms in total. The smallest absolute Gasteiger partial charge is 0.314 e. The van der Waals surface area contributed by atoms with Crippen LogP contribution in [0.2, 0.25) is 0 Å². The molecular weight excluding hydrogens is 206 g/mol. The zero-order valence-electron chi connectivity index (χ0n) is 9.19. The van der Waals surface area contributed by atoms with Crippen molar-refractivity contribution in [3.8, 4) is 0 Å². The van der Waals surface area contributed by atoms with Crippen molar-refractivity contribution in [1.29, 1.82) is 0 Å². The van der Waals surface area contributed by atoms with Gasteiger partial charge in [0.15, 0.2) is 0 Å². The number of nitrogens with zero attached hydrogens (tertiary/aromatic N) is 1. The van der Waals surface area contributed by atoms with E-state index in [0.29, 0.717) is 5.69 Å². The molecular formula is C11H15N3O2. The second-order valence-electron chi connectivity index (χ2n) is 4.54. The van der Waals surface area contributed by atoms with Gasteiger partial charge in [-0.3, -0.25) is 10.1 Å². The van der Waals surface area contributed by atoms with Crippen LogP contribution in [0.15, 0.2) is 18.2 Å². The van der Waals surface area contributed by atoms with E-state index in [4.69, 9.17) is 5.73 Å². The number of hydrogen-bond acceptors (Lipinski definition) is 4. The number of benzene rings is 1. The summed E-state index contributed by atoms with van der Waals surface area (Å²) in [5.41, 5.74) is 6.31. The molecule has 0 unspecified atom stereocenters. The largest absolute Gasteiger partial charge is 0.393 e. The van der Waals surface area contributed by atoms with Crippen molar-refractivity contribution in [3.05, 3.63) is 28.3 Å². The summed E-state index contributed by atoms with van der Waals surface area (Å²) in [4.78, 5) is 10.5. The molecule has 16 heavy (non-hydrogen) atoms. The van der Waals surface area contributed by atoms with E-state index in [9.17, 15) is 10.1 Å². The Labute approximate surface area is 93.8 Å². The number of para-hydroxylation sites is 1. The minimum atomic E-state index is -0.431. The summed E-state index contributed by atoms with van der Waals surface area (Å²) in [5, 5.41) is 14.1. The van der Waals surface area contributed by atoms with Gasteiger partial charge in [-0.2, -0.15) is 0 Å². The molecule has 1 aromatic carbocycles. The van der Waals surface area contributed by atoms with Gasteiger partial charge in [-0.15, -0.1) is 0 Å². The fraction of sp³-hybridized carbons (Fsp3) is 0.455. The van der Waals surface area contributed by atoms with Gasteiger partial charge < -0.3 is 11.1 Å². The van der Waals surface area contributed by atoms with Crippen LogP contribution in [0.5, 0.6) is 0 Å².